The summed E-state index contributed by atoms with van der Waals surface area (Å²) < 4.78 is 21.3. The lowest BCUT2D eigenvalue weighted by Gasteiger charge is -2.40. The first kappa shape index (κ1) is 29.5. The molecular weight excluding hydrogens is 508 g/mol. The number of hydrogen-bond donors (Lipinski definition) is 3. The van der Waals surface area contributed by atoms with E-state index in [2.05, 4.69) is 93.3 Å². The van der Waals surface area contributed by atoms with Crippen molar-refractivity contribution in [1.82, 2.24) is 24.8 Å². The number of hydrogen-bond acceptors (Lipinski definition) is 7. The van der Waals surface area contributed by atoms with Crippen LogP contribution in [0.5, 0.6) is 0 Å². The number of nitrogens with one attached hydrogen (secondary N) is 3. The van der Waals surface area contributed by atoms with Crippen molar-refractivity contribution in [3.8, 4) is 0 Å². The summed E-state index contributed by atoms with van der Waals surface area (Å²) in [5.74, 6) is 0.213. The smallest absolute Gasteiger partial charge is 0.329 e. The fourth-order valence-electron chi connectivity index (χ4n) is 3.66. The molecule has 0 bridgehead atoms. The Morgan fingerprint density at radius 1 is 1.14 bits per heavy atom. The van der Waals surface area contributed by atoms with Crippen molar-refractivity contribution in [2.24, 2.45) is 0 Å². The van der Waals surface area contributed by atoms with E-state index in [0.717, 1.165) is 0 Å². The van der Waals surface area contributed by atoms with Gasteiger partial charge in [-0.2, -0.15) is 0 Å². The van der Waals surface area contributed by atoms with Gasteiger partial charge < -0.3 is 23.9 Å². The number of carbonyl (C=O) groups excluding carboxylic acids is 1. The molecule has 3 N–H and O–H groups in total. The molecule has 1 aliphatic heterocycles. The van der Waals surface area contributed by atoms with Crippen LogP contribution < -0.4 is 16.3 Å². The molecule has 0 saturated carbocycles. The zero-order valence-electron chi connectivity index (χ0n) is 24.1. The van der Waals surface area contributed by atoms with E-state index in [4.69, 9.17) is 13.6 Å². The Labute approximate surface area is 221 Å². The summed E-state index contributed by atoms with van der Waals surface area (Å²) in [6.45, 7) is 22.5. The van der Waals surface area contributed by atoms with Gasteiger partial charge in [-0.15, -0.1) is 0 Å². The molecule has 2 aromatic heterocycles. The molecule has 208 valence electrons. The van der Waals surface area contributed by atoms with Gasteiger partial charge in [0.1, 0.15) is 24.2 Å². The average Bonchev–Trinajstić information content (AvgIpc) is 3.30. The SMILES string of the molecule is CNC(=O)Nc1ncnc2c1[nH]c(=O)n2[C@H]1C[C@H](O[Si](C)(C)C(C)(C)C)[C@@H](CO[Si](C)(C)C(C)(C)C)O1. The third-order valence-electron chi connectivity index (χ3n) is 8.10. The minimum absolute atomic E-state index is 0.0151. The van der Waals surface area contributed by atoms with Crippen molar-refractivity contribution >= 4 is 39.6 Å². The van der Waals surface area contributed by atoms with Crippen molar-refractivity contribution in [3.05, 3.63) is 16.8 Å². The van der Waals surface area contributed by atoms with E-state index in [1.165, 1.54) is 17.9 Å². The summed E-state index contributed by atoms with van der Waals surface area (Å²) >= 11 is 0. The first-order chi connectivity index (χ1) is 16.9. The van der Waals surface area contributed by atoms with Crippen molar-refractivity contribution in [1.29, 1.82) is 0 Å². The highest BCUT2D eigenvalue weighted by Gasteiger charge is 2.47. The highest BCUT2D eigenvalue weighted by molar-refractivity contribution is 6.74. The number of nitrogens with zero attached hydrogens (tertiary/aromatic N) is 3. The third-order valence-corrected chi connectivity index (χ3v) is 17.1. The Hall–Kier alpha value is -2.07. The summed E-state index contributed by atoms with van der Waals surface area (Å²) in [6, 6.07) is -0.448. The highest BCUT2D eigenvalue weighted by atomic mass is 28.4. The lowest BCUT2D eigenvalue weighted by atomic mass is 10.2. The van der Waals surface area contributed by atoms with Crippen LogP contribution in [-0.2, 0) is 13.6 Å². The maximum Gasteiger partial charge on any atom is 0.329 e. The number of imidazole rings is 1. The standard InChI is InChI=1S/C24H44N6O5Si2/c1-23(2,3)36(8,9)33-13-16-15(35-37(10,11)24(4,5)6)12-17(34-16)30-20-18(28-22(30)32)19(26-14-27-20)29-21(31)25-7/h14-17H,12-13H2,1-11H3,(H,28,32)(H2,25,26,27,29,31)/t15-,16+,17+/m0/s1. The Balaban J connectivity index is 1.96. The number of carbonyl (C=O) groups is 1. The summed E-state index contributed by atoms with van der Waals surface area (Å²) in [6.07, 6.45) is 0.612. The molecule has 1 fully saturated rings. The Morgan fingerprint density at radius 3 is 2.32 bits per heavy atom. The number of anilines is 1. The van der Waals surface area contributed by atoms with Crippen molar-refractivity contribution in [2.75, 3.05) is 19.0 Å². The number of rotatable bonds is 7. The van der Waals surface area contributed by atoms with Crippen molar-refractivity contribution in [2.45, 2.75) is 103 Å². The molecule has 2 amide bonds. The summed E-state index contributed by atoms with van der Waals surface area (Å²) in [5, 5.41) is 5.17. The molecule has 3 rings (SSSR count). The Kier molecular flexibility index (Phi) is 8.17. The zero-order valence-corrected chi connectivity index (χ0v) is 26.1. The van der Waals surface area contributed by atoms with Crippen LogP contribution >= 0.6 is 0 Å². The molecule has 1 aliphatic rings. The summed E-state index contributed by atoms with van der Waals surface area (Å²) in [5.41, 5.74) is 0.300. The third kappa shape index (κ3) is 6.16. The molecule has 2 aromatic rings. The predicted octanol–water partition coefficient (Wildman–Crippen LogP) is 4.57. The predicted molar refractivity (Wildman–Crippen MR) is 150 cm³/mol. The van der Waals surface area contributed by atoms with Crippen LogP contribution in [0.1, 0.15) is 54.2 Å². The average molecular weight is 553 g/mol. The van der Waals surface area contributed by atoms with Gasteiger partial charge in [-0.1, -0.05) is 41.5 Å². The molecule has 0 unspecified atom stereocenters. The monoisotopic (exact) mass is 552 g/mol. The number of urea groups is 1. The van der Waals surface area contributed by atoms with E-state index >= 15 is 0 Å². The van der Waals surface area contributed by atoms with Gasteiger partial charge >= 0.3 is 11.7 Å². The van der Waals surface area contributed by atoms with Crippen LogP contribution in [0.3, 0.4) is 0 Å². The number of aromatic nitrogens is 4. The first-order valence-electron chi connectivity index (χ1n) is 12.8. The van der Waals surface area contributed by atoms with Crippen LogP contribution in [0.4, 0.5) is 10.6 Å². The zero-order chi connectivity index (χ0) is 28.0. The Morgan fingerprint density at radius 2 is 1.76 bits per heavy atom. The largest absolute Gasteiger partial charge is 0.414 e. The topological polar surface area (TPSA) is 132 Å². The molecule has 13 heteroatoms. The second-order valence-corrected chi connectivity index (χ2v) is 22.3. The van der Waals surface area contributed by atoms with E-state index < -0.39 is 34.6 Å². The van der Waals surface area contributed by atoms with E-state index in [1.807, 2.05) is 0 Å². The van der Waals surface area contributed by atoms with Gasteiger partial charge in [-0.05, 0) is 36.3 Å². The number of H-pyrrole nitrogens is 1. The van der Waals surface area contributed by atoms with E-state index in [9.17, 15) is 9.59 Å². The molecule has 1 saturated heterocycles. The van der Waals surface area contributed by atoms with Gasteiger partial charge in [-0.3, -0.25) is 5.32 Å². The molecule has 3 heterocycles. The lowest BCUT2D eigenvalue weighted by molar-refractivity contribution is -0.0393. The van der Waals surface area contributed by atoms with Crippen LogP contribution in [0.15, 0.2) is 11.1 Å². The normalized spacial score (nSPS) is 21.4. The van der Waals surface area contributed by atoms with Gasteiger partial charge in [0.2, 0.25) is 0 Å². The van der Waals surface area contributed by atoms with Crippen LogP contribution in [0.25, 0.3) is 11.2 Å². The lowest BCUT2D eigenvalue weighted by Crippen LogP contribution is -2.48. The van der Waals surface area contributed by atoms with E-state index in [1.54, 1.807) is 0 Å². The van der Waals surface area contributed by atoms with Gasteiger partial charge in [0.05, 0.1) is 12.7 Å². The number of ether oxygens (including phenoxy) is 1. The summed E-state index contributed by atoms with van der Waals surface area (Å²) in [4.78, 5) is 36.2. The molecule has 3 atom stereocenters. The molecule has 11 nitrogen and oxygen atoms in total. The molecule has 0 aliphatic carbocycles. The van der Waals surface area contributed by atoms with E-state index in [0.29, 0.717) is 24.2 Å². The summed E-state index contributed by atoms with van der Waals surface area (Å²) in [7, 11) is -2.67. The minimum Gasteiger partial charge on any atom is -0.414 e. The number of aromatic amines is 1. The fraction of sp³-hybridized carbons (Fsp3) is 0.750. The second-order valence-electron chi connectivity index (χ2n) is 12.8. The Bertz CT molecular complexity index is 1180. The molecule has 37 heavy (non-hydrogen) atoms. The number of fused-ring (bicyclic) bond motifs is 1. The highest BCUT2D eigenvalue weighted by Crippen LogP contribution is 2.42. The molecule has 0 aromatic carbocycles. The van der Waals surface area contributed by atoms with Gasteiger partial charge in [0.25, 0.3) is 0 Å². The second kappa shape index (κ2) is 10.2. The molecule has 0 radical (unpaired) electrons. The maximum atomic E-state index is 13.1. The van der Waals surface area contributed by atoms with Crippen molar-refractivity contribution < 1.29 is 18.4 Å². The first-order valence-corrected chi connectivity index (χ1v) is 18.6. The van der Waals surface area contributed by atoms with Crippen molar-refractivity contribution in [3.63, 3.8) is 0 Å². The van der Waals surface area contributed by atoms with Gasteiger partial charge in [-0.25, -0.2) is 24.1 Å². The maximum absolute atomic E-state index is 13.1. The van der Waals surface area contributed by atoms with Gasteiger partial charge in [0.15, 0.2) is 28.1 Å². The van der Waals surface area contributed by atoms with E-state index in [-0.39, 0.29) is 28.1 Å². The van der Waals surface area contributed by atoms with Gasteiger partial charge in [0, 0.05) is 13.5 Å². The van der Waals surface area contributed by atoms with Crippen LogP contribution in [0, 0.1) is 0 Å². The minimum atomic E-state index is -2.14. The van der Waals surface area contributed by atoms with Crippen LogP contribution in [-0.4, -0.2) is 68.0 Å². The number of amides is 2. The van der Waals surface area contributed by atoms with Crippen LogP contribution in [0.2, 0.25) is 36.3 Å². The molecular formula is C24H44N6O5Si2. The fourth-order valence-corrected chi connectivity index (χ4v) is 6.04. The quantitative estimate of drug-likeness (QED) is 0.429. The molecule has 0 spiro atoms.